The van der Waals surface area contributed by atoms with E-state index >= 15 is 0 Å². The maximum atomic E-state index is 14.2. The van der Waals surface area contributed by atoms with E-state index in [1.165, 1.54) is 30.4 Å². The summed E-state index contributed by atoms with van der Waals surface area (Å²) >= 11 is 1.26. The molecule has 1 aromatic heterocycles. The Balaban J connectivity index is 1.80. The number of halogens is 1. The van der Waals surface area contributed by atoms with Crippen LogP contribution in [0.25, 0.3) is 0 Å². The second-order valence-corrected chi connectivity index (χ2v) is 7.51. The average molecular weight is 425 g/mol. The zero-order valence-corrected chi connectivity index (χ0v) is 17.0. The van der Waals surface area contributed by atoms with Crippen LogP contribution in [0.4, 0.5) is 15.8 Å². The van der Waals surface area contributed by atoms with Gasteiger partial charge in [-0.1, -0.05) is 36.4 Å². The Labute approximate surface area is 177 Å². The van der Waals surface area contributed by atoms with Gasteiger partial charge in [-0.25, -0.2) is 4.39 Å². The average Bonchev–Trinajstić information content (AvgIpc) is 3.25. The van der Waals surface area contributed by atoms with Crippen LogP contribution < -0.4 is 16.0 Å². The molecule has 0 saturated heterocycles. The number of rotatable bonds is 7. The normalized spacial score (nSPS) is 11.4. The molecule has 0 spiro atoms. The fourth-order valence-corrected chi connectivity index (χ4v) is 3.44. The zero-order chi connectivity index (χ0) is 21.5. The number of nitrogens with one attached hydrogen (secondary N) is 3. The summed E-state index contributed by atoms with van der Waals surface area (Å²) in [6.07, 6.45) is 0.233. The van der Waals surface area contributed by atoms with Crippen LogP contribution in [-0.4, -0.2) is 23.8 Å². The van der Waals surface area contributed by atoms with E-state index in [4.69, 9.17) is 0 Å². The lowest BCUT2D eigenvalue weighted by Crippen LogP contribution is -2.45. The Morgan fingerprint density at radius 1 is 1.00 bits per heavy atom. The first-order valence-corrected chi connectivity index (χ1v) is 10.1. The molecule has 0 aliphatic carbocycles. The second-order valence-electron chi connectivity index (χ2n) is 6.56. The summed E-state index contributed by atoms with van der Waals surface area (Å²) in [4.78, 5) is 37.1. The largest absolute Gasteiger partial charge is 0.339 e. The highest BCUT2D eigenvalue weighted by Gasteiger charge is 2.23. The number of hydrogen-bond donors (Lipinski definition) is 3. The fraction of sp³-hybridized carbons (Fsp3) is 0.136. The third-order valence-corrected chi connectivity index (χ3v) is 5.06. The van der Waals surface area contributed by atoms with E-state index in [0.29, 0.717) is 10.6 Å². The van der Waals surface area contributed by atoms with E-state index < -0.39 is 17.8 Å². The molecule has 2 aromatic carbocycles. The van der Waals surface area contributed by atoms with E-state index in [-0.39, 0.29) is 23.9 Å². The molecule has 6 nitrogen and oxygen atoms in total. The summed E-state index contributed by atoms with van der Waals surface area (Å²) in [7, 11) is 0. The van der Waals surface area contributed by atoms with Crippen LogP contribution in [0.3, 0.4) is 0 Å². The minimum absolute atomic E-state index is 0.0883. The van der Waals surface area contributed by atoms with Gasteiger partial charge in [-0.3, -0.25) is 14.4 Å². The zero-order valence-electron chi connectivity index (χ0n) is 16.1. The molecule has 0 bridgehead atoms. The van der Waals surface area contributed by atoms with Gasteiger partial charge in [0.25, 0.3) is 5.91 Å². The Hall–Kier alpha value is -3.52. The predicted molar refractivity (Wildman–Crippen MR) is 115 cm³/mol. The lowest BCUT2D eigenvalue weighted by molar-refractivity contribution is -0.118. The van der Waals surface area contributed by atoms with Gasteiger partial charge in [-0.15, -0.1) is 11.3 Å². The molecule has 3 amide bonds. The lowest BCUT2D eigenvalue weighted by Gasteiger charge is -2.19. The minimum Gasteiger partial charge on any atom is -0.339 e. The van der Waals surface area contributed by atoms with Crippen molar-refractivity contribution in [2.24, 2.45) is 0 Å². The van der Waals surface area contributed by atoms with Crippen molar-refractivity contribution in [2.75, 3.05) is 10.6 Å². The molecule has 3 aromatic rings. The molecule has 0 aliphatic heterocycles. The number of amides is 3. The highest BCUT2D eigenvalue weighted by Crippen LogP contribution is 2.20. The topological polar surface area (TPSA) is 87.3 Å². The quantitative estimate of drug-likeness (QED) is 0.538. The van der Waals surface area contributed by atoms with Gasteiger partial charge in [-0.2, -0.15) is 0 Å². The lowest BCUT2D eigenvalue weighted by atomic mass is 10.0. The van der Waals surface area contributed by atoms with Crippen LogP contribution in [0.1, 0.15) is 22.2 Å². The number of hydrogen-bond acceptors (Lipinski definition) is 4. The van der Waals surface area contributed by atoms with Crippen molar-refractivity contribution in [1.82, 2.24) is 5.32 Å². The first-order chi connectivity index (χ1) is 14.4. The fourth-order valence-electron chi connectivity index (χ4n) is 2.82. The predicted octanol–water partition coefficient (Wildman–Crippen LogP) is 3.83. The molecule has 1 heterocycles. The van der Waals surface area contributed by atoms with Crippen molar-refractivity contribution in [3.8, 4) is 0 Å². The summed E-state index contributed by atoms with van der Waals surface area (Å²) in [5.74, 6) is -1.92. The highest BCUT2D eigenvalue weighted by molar-refractivity contribution is 7.12. The van der Waals surface area contributed by atoms with Gasteiger partial charge in [0.1, 0.15) is 11.9 Å². The summed E-state index contributed by atoms with van der Waals surface area (Å²) in [5, 5.41) is 9.55. The number of benzene rings is 2. The summed E-state index contributed by atoms with van der Waals surface area (Å²) in [6.45, 7) is 1.33. The molecule has 0 aliphatic rings. The van der Waals surface area contributed by atoms with Crippen molar-refractivity contribution in [3.05, 3.63) is 82.3 Å². The SMILES string of the molecule is CC(=O)Nc1ccc(F)c(NC(=O)C(Cc2ccccc2)NC(=O)c2cccs2)c1. The van der Waals surface area contributed by atoms with Crippen molar-refractivity contribution in [2.45, 2.75) is 19.4 Å². The standard InChI is InChI=1S/C22H20FN3O3S/c1-14(27)24-16-9-10-17(23)18(13-16)25-21(28)19(12-15-6-3-2-4-7-15)26-22(29)20-8-5-11-30-20/h2-11,13,19H,12H2,1H3,(H,24,27)(H,25,28)(H,26,29). The van der Waals surface area contributed by atoms with Crippen LogP contribution in [0, 0.1) is 5.82 Å². The smallest absolute Gasteiger partial charge is 0.262 e. The molecule has 30 heavy (non-hydrogen) atoms. The van der Waals surface area contributed by atoms with Gasteiger partial charge in [0.15, 0.2) is 0 Å². The molecule has 0 radical (unpaired) electrons. The molecule has 0 fully saturated rings. The van der Waals surface area contributed by atoms with E-state index in [9.17, 15) is 18.8 Å². The first-order valence-electron chi connectivity index (χ1n) is 9.18. The Bertz CT molecular complexity index is 1040. The Morgan fingerprint density at radius 3 is 2.43 bits per heavy atom. The molecular formula is C22H20FN3O3S. The van der Waals surface area contributed by atoms with Gasteiger partial charge in [-0.05, 0) is 35.2 Å². The molecule has 8 heteroatoms. The van der Waals surface area contributed by atoms with Crippen molar-refractivity contribution < 1.29 is 18.8 Å². The van der Waals surface area contributed by atoms with Gasteiger partial charge in [0.05, 0.1) is 10.6 Å². The summed E-state index contributed by atoms with van der Waals surface area (Å²) < 4.78 is 14.2. The van der Waals surface area contributed by atoms with Crippen LogP contribution in [0.5, 0.6) is 0 Å². The third kappa shape index (κ3) is 5.74. The van der Waals surface area contributed by atoms with E-state index in [1.54, 1.807) is 17.5 Å². The second kappa shape index (κ2) is 9.80. The van der Waals surface area contributed by atoms with E-state index in [0.717, 1.165) is 11.6 Å². The van der Waals surface area contributed by atoms with Crippen molar-refractivity contribution in [1.29, 1.82) is 0 Å². The van der Waals surface area contributed by atoms with Gasteiger partial charge in [0.2, 0.25) is 11.8 Å². The highest BCUT2D eigenvalue weighted by atomic mass is 32.1. The maximum Gasteiger partial charge on any atom is 0.262 e. The number of thiophene rings is 1. The van der Waals surface area contributed by atoms with Crippen molar-refractivity contribution in [3.63, 3.8) is 0 Å². The van der Waals surface area contributed by atoms with Crippen LogP contribution >= 0.6 is 11.3 Å². The molecule has 1 atom stereocenters. The molecular weight excluding hydrogens is 405 g/mol. The third-order valence-electron chi connectivity index (χ3n) is 4.19. The van der Waals surface area contributed by atoms with E-state index in [1.807, 2.05) is 30.3 Å². The summed E-state index contributed by atoms with van der Waals surface area (Å²) in [6, 6.07) is 15.6. The van der Waals surface area contributed by atoms with Crippen LogP contribution in [-0.2, 0) is 16.0 Å². The van der Waals surface area contributed by atoms with Gasteiger partial charge >= 0.3 is 0 Å². The number of carbonyl (C=O) groups excluding carboxylic acids is 3. The molecule has 3 N–H and O–H groups in total. The maximum absolute atomic E-state index is 14.2. The molecule has 0 saturated carbocycles. The van der Waals surface area contributed by atoms with Crippen molar-refractivity contribution >= 4 is 40.4 Å². The molecule has 154 valence electrons. The van der Waals surface area contributed by atoms with Crippen LogP contribution in [0.15, 0.2) is 66.0 Å². The van der Waals surface area contributed by atoms with Gasteiger partial charge in [0, 0.05) is 19.0 Å². The Morgan fingerprint density at radius 2 is 1.77 bits per heavy atom. The number of carbonyl (C=O) groups is 3. The number of anilines is 2. The molecule has 1 unspecified atom stereocenters. The first kappa shape index (κ1) is 21.2. The summed E-state index contributed by atoms with van der Waals surface area (Å²) in [5.41, 5.74) is 1.10. The Kier molecular flexibility index (Phi) is 6.92. The monoisotopic (exact) mass is 425 g/mol. The molecule has 3 rings (SSSR count). The van der Waals surface area contributed by atoms with Gasteiger partial charge < -0.3 is 16.0 Å². The van der Waals surface area contributed by atoms with Crippen LogP contribution in [0.2, 0.25) is 0 Å². The minimum atomic E-state index is -0.925. The van der Waals surface area contributed by atoms with E-state index in [2.05, 4.69) is 16.0 Å².